The van der Waals surface area contributed by atoms with E-state index in [1.165, 1.54) is 16.9 Å². The van der Waals surface area contributed by atoms with Crippen molar-refractivity contribution in [2.75, 3.05) is 5.32 Å². The Kier molecular flexibility index (Phi) is 7.56. The normalized spacial score (nSPS) is 11.6. The van der Waals surface area contributed by atoms with Crippen LogP contribution in [0.5, 0.6) is 0 Å². The molecule has 2 aromatic rings. The van der Waals surface area contributed by atoms with E-state index in [4.69, 9.17) is 5.11 Å². The lowest BCUT2D eigenvalue weighted by molar-refractivity contribution is -0.138. The van der Waals surface area contributed by atoms with Crippen LogP contribution in [0.4, 0.5) is 5.00 Å². The number of nitrogens with zero attached hydrogens (tertiary/aromatic N) is 1. The van der Waals surface area contributed by atoms with Gasteiger partial charge in [-0.3, -0.25) is 9.59 Å². The second-order valence-corrected chi connectivity index (χ2v) is 7.60. The van der Waals surface area contributed by atoms with E-state index in [1.807, 2.05) is 17.5 Å². The highest BCUT2D eigenvalue weighted by Gasteiger charge is 2.17. The van der Waals surface area contributed by atoms with Gasteiger partial charge in [0.25, 0.3) is 0 Å². The number of amides is 1. The number of aliphatic carboxylic acids is 1. The number of anilines is 1. The topological polar surface area (TPSA) is 90.2 Å². The molecule has 0 aliphatic heterocycles. The van der Waals surface area contributed by atoms with Crippen LogP contribution in [0, 0.1) is 17.2 Å². The average Bonchev–Trinajstić information content (AvgIpc) is 3.01. The fourth-order valence-electron chi connectivity index (χ4n) is 2.87. The van der Waals surface area contributed by atoms with Gasteiger partial charge in [0.15, 0.2) is 0 Å². The van der Waals surface area contributed by atoms with Crippen LogP contribution in [0.3, 0.4) is 0 Å². The second kappa shape index (κ2) is 9.89. The first kappa shape index (κ1) is 20.7. The van der Waals surface area contributed by atoms with Gasteiger partial charge in [-0.05, 0) is 29.9 Å². The number of carbonyl (C=O) groups excluding carboxylic acids is 1. The lowest BCUT2D eigenvalue weighted by Crippen LogP contribution is -2.16. The van der Waals surface area contributed by atoms with Crippen LogP contribution in [0.25, 0.3) is 11.1 Å². The summed E-state index contributed by atoms with van der Waals surface area (Å²) in [5, 5.41) is 23.5. The molecule has 1 atom stereocenters. The summed E-state index contributed by atoms with van der Waals surface area (Å²) in [5.41, 5.74) is 3.47. The maximum absolute atomic E-state index is 12.2. The molecule has 0 spiro atoms. The number of rotatable bonds is 9. The molecular formula is C21H24N2O3S. The van der Waals surface area contributed by atoms with Crippen molar-refractivity contribution in [3.8, 4) is 17.2 Å². The Bertz CT molecular complexity index is 834. The molecule has 1 heterocycles. The molecule has 6 heteroatoms. The van der Waals surface area contributed by atoms with Gasteiger partial charge in [-0.25, -0.2) is 0 Å². The molecule has 1 aromatic heterocycles. The molecule has 2 rings (SSSR count). The monoisotopic (exact) mass is 384 g/mol. The first-order chi connectivity index (χ1) is 12.9. The van der Waals surface area contributed by atoms with Crippen LogP contribution in [-0.4, -0.2) is 17.0 Å². The van der Waals surface area contributed by atoms with E-state index >= 15 is 0 Å². The Labute approximate surface area is 163 Å². The molecule has 2 N–H and O–H groups in total. The molecule has 1 amide bonds. The number of carboxylic acids is 1. The van der Waals surface area contributed by atoms with Crippen molar-refractivity contribution in [1.82, 2.24) is 0 Å². The van der Waals surface area contributed by atoms with E-state index in [9.17, 15) is 14.9 Å². The van der Waals surface area contributed by atoms with Crippen molar-refractivity contribution in [2.24, 2.45) is 5.92 Å². The SMILES string of the molecule is CCCCc1ccc(-c2csc(NC(=O)C[C@@H](C)CC(=O)O)c2C#N)cc1. The van der Waals surface area contributed by atoms with E-state index in [0.29, 0.717) is 10.6 Å². The third kappa shape index (κ3) is 5.93. The Morgan fingerprint density at radius 1 is 1.26 bits per heavy atom. The molecule has 0 unspecified atom stereocenters. The standard InChI is InChI=1S/C21H24N2O3S/c1-3-4-5-15-6-8-16(9-7-15)18-13-27-21(17(18)12-22)23-19(24)10-14(2)11-20(25)26/h6-9,13-14H,3-5,10-11H2,1-2H3,(H,23,24)(H,25,26)/t14-/m1/s1. The van der Waals surface area contributed by atoms with E-state index in [2.05, 4.69) is 30.4 Å². The van der Waals surface area contributed by atoms with Crippen LogP contribution in [0.2, 0.25) is 0 Å². The third-order valence-electron chi connectivity index (χ3n) is 4.30. The van der Waals surface area contributed by atoms with E-state index in [0.717, 1.165) is 30.4 Å². The zero-order valence-electron chi connectivity index (χ0n) is 15.6. The molecular weight excluding hydrogens is 360 g/mol. The maximum Gasteiger partial charge on any atom is 0.303 e. The van der Waals surface area contributed by atoms with Crippen molar-refractivity contribution in [1.29, 1.82) is 5.26 Å². The summed E-state index contributed by atoms with van der Waals surface area (Å²) in [5.74, 6) is -1.46. The van der Waals surface area contributed by atoms with Crippen LogP contribution in [0.15, 0.2) is 29.6 Å². The van der Waals surface area contributed by atoms with Gasteiger partial charge in [-0.1, -0.05) is 44.5 Å². The Morgan fingerprint density at radius 3 is 2.56 bits per heavy atom. The molecule has 0 saturated heterocycles. The van der Waals surface area contributed by atoms with Gasteiger partial charge >= 0.3 is 5.97 Å². The number of thiophene rings is 1. The van der Waals surface area contributed by atoms with Gasteiger partial charge in [-0.2, -0.15) is 5.26 Å². The minimum atomic E-state index is -0.922. The van der Waals surface area contributed by atoms with E-state index < -0.39 is 5.97 Å². The molecule has 0 bridgehead atoms. The molecule has 0 radical (unpaired) electrons. The summed E-state index contributed by atoms with van der Waals surface area (Å²) >= 11 is 1.31. The first-order valence-corrected chi connectivity index (χ1v) is 9.95. The van der Waals surface area contributed by atoms with Crippen molar-refractivity contribution >= 4 is 28.2 Å². The minimum absolute atomic E-state index is 0.0569. The van der Waals surface area contributed by atoms with Crippen molar-refractivity contribution < 1.29 is 14.7 Å². The predicted octanol–water partition coefficient (Wildman–Crippen LogP) is 5.07. The fraction of sp³-hybridized carbons (Fsp3) is 0.381. The largest absolute Gasteiger partial charge is 0.481 e. The molecule has 0 aliphatic carbocycles. The highest BCUT2D eigenvalue weighted by Crippen LogP contribution is 2.35. The number of nitrogens with one attached hydrogen (secondary N) is 1. The van der Waals surface area contributed by atoms with Crippen LogP contribution < -0.4 is 5.32 Å². The quantitative estimate of drug-likeness (QED) is 0.631. The highest BCUT2D eigenvalue weighted by molar-refractivity contribution is 7.15. The summed E-state index contributed by atoms with van der Waals surface area (Å²) in [4.78, 5) is 22.9. The van der Waals surface area contributed by atoms with E-state index in [1.54, 1.807) is 6.92 Å². The lowest BCUT2D eigenvalue weighted by Gasteiger charge is -2.09. The Morgan fingerprint density at radius 2 is 1.96 bits per heavy atom. The number of aryl methyl sites for hydroxylation is 1. The number of unbranched alkanes of at least 4 members (excludes halogenated alkanes) is 1. The number of hydrogen-bond acceptors (Lipinski definition) is 4. The highest BCUT2D eigenvalue weighted by atomic mass is 32.1. The number of benzene rings is 1. The molecule has 1 aromatic carbocycles. The van der Waals surface area contributed by atoms with Crippen molar-refractivity contribution in [3.05, 3.63) is 40.8 Å². The summed E-state index contributed by atoms with van der Waals surface area (Å²) in [6.07, 6.45) is 3.40. The molecule has 0 fully saturated rings. The number of nitriles is 1. The van der Waals surface area contributed by atoms with Gasteiger partial charge in [0, 0.05) is 23.8 Å². The zero-order valence-corrected chi connectivity index (χ0v) is 16.4. The first-order valence-electron chi connectivity index (χ1n) is 9.07. The van der Waals surface area contributed by atoms with Gasteiger partial charge < -0.3 is 10.4 Å². The predicted molar refractivity (Wildman–Crippen MR) is 108 cm³/mol. The van der Waals surface area contributed by atoms with Crippen LogP contribution in [-0.2, 0) is 16.0 Å². The molecule has 0 saturated carbocycles. The summed E-state index contributed by atoms with van der Waals surface area (Å²) < 4.78 is 0. The van der Waals surface area contributed by atoms with Gasteiger partial charge in [-0.15, -0.1) is 11.3 Å². The number of hydrogen-bond donors (Lipinski definition) is 2. The van der Waals surface area contributed by atoms with Crippen LogP contribution >= 0.6 is 11.3 Å². The van der Waals surface area contributed by atoms with Crippen molar-refractivity contribution in [2.45, 2.75) is 46.0 Å². The molecule has 142 valence electrons. The van der Waals surface area contributed by atoms with Gasteiger partial charge in [0.1, 0.15) is 11.1 Å². The second-order valence-electron chi connectivity index (χ2n) is 6.72. The minimum Gasteiger partial charge on any atom is -0.481 e. The molecule has 0 aliphatic rings. The number of carboxylic acid groups (broad SMARTS) is 1. The Hall–Kier alpha value is -2.65. The summed E-state index contributed by atoms with van der Waals surface area (Å²) in [6.45, 7) is 3.88. The third-order valence-corrected chi connectivity index (χ3v) is 5.19. The summed E-state index contributed by atoms with van der Waals surface area (Å²) in [6, 6.07) is 10.4. The van der Waals surface area contributed by atoms with Gasteiger partial charge in [0.2, 0.25) is 5.91 Å². The lowest BCUT2D eigenvalue weighted by atomic mass is 10.0. The number of carbonyl (C=O) groups is 2. The molecule has 5 nitrogen and oxygen atoms in total. The fourth-order valence-corrected chi connectivity index (χ4v) is 3.81. The zero-order chi connectivity index (χ0) is 19.8. The molecule has 27 heavy (non-hydrogen) atoms. The average molecular weight is 385 g/mol. The Balaban J connectivity index is 2.11. The maximum atomic E-state index is 12.2. The summed E-state index contributed by atoms with van der Waals surface area (Å²) in [7, 11) is 0. The van der Waals surface area contributed by atoms with Crippen LogP contribution in [0.1, 0.15) is 50.7 Å². The smallest absolute Gasteiger partial charge is 0.303 e. The van der Waals surface area contributed by atoms with E-state index in [-0.39, 0.29) is 24.7 Å². The van der Waals surface area contributed by atoms with Gasteiger partial charge in [0.05, 0.1) is 5.56 Å². The van der Waals surface area contributed by atoms with Crippen molar-refractivity contribution in [3.63, 3.8) is 0 Å².